The van der Waals surface area contributed by atoms with E-state index in [1.807, 2.05) is 23.1 Å². The molecule has 4 nitrogen and oxygen atoms in total. The molecule has 106 valence electrons. The predicted molar refractivity (Wildman–Crippen MR) is 81.9 cm³/mol. The molecule has 2 heterocycles. The van der Waals surface area contributed by atoms with Gasteiger partial charge >= 0.3 is 6.03 Å². The van der Waals surface area contributed by atoms with E-state index in [2.05, 4.69) is 23.3 Å². The zero-order valence-corrected chi connectivity index (χ0v) is 12.4. The lowest BCUT2D eigenvalue weighted by atomic mass is 10.0. The fourth-order valence-electron chi connectivity index (χ4n) is 2.65. The number of fused-ring (bicyclic) bond motifs is 1. The quantitative estimate of drug-likeness (QED) is 0.921. The number of amides is 2. The number of thiazole rings is 1. The number of piperidine rings is 1. The Labute approximate surface area is 122 Å². The summed E-state index contributed by atoms with van der Waals surface area (Å²) < 4.78 is 1.17. The van der Waals surface area contributed by atoms with Crippen molar-refractivity contribution in [3.05, 3.63) is 29.3 Å². The maximum absolute atomic E-state index is 12.2. The molecule has 1 aromatic carbocycles. The minimum atomic E-state index is 0.0384. The summed E-state index contributed by atoms with van der Waals surface area (Å²) in [6, 6.07) is 8.45. The highest BCUT2D eigenvalue weighted by Gasteiger charge is 2.22. The highest BCUT2D eigenvalue weighted by Crippen LogP contribution is 2.21. The Morgan fingerprint density at radius 1 is 1.45 bits per heavy atom. The first kappa shape index (κ1) is 13.4. The van der Waals surface area contributed by atoms with Crippen LogP contribution in [0.5, 0.6) is 0 Å². The summed E-state index contributed by atoms with van der Waals surface area (Å²) in [4.78, 5) is 18.7. The van der Waals surface area contributed by atoms with Crippen LogP contribution in [0, 0.1) is 0 Å². The third-order valence-electron chi connectivity index (χ3n) is 3.79. The van der Waals surface area contributed by atoms with E-state index in [9.17, 15) is 4.79 Å². The van der Waals surface area contributed by atoms with E-state index in [0.717, 1.165) is 29.9 Å². The van der Waals surface area contributed by atoms with Gasteiger partial charge in [-0.1, -0.05) is 12.1 Å². The third kappa shape index (κ3) is 2.77. The molecule has 1 atom stereocenters. The van der Waals surface area contributed by atoms with Crippen molar-refractivity contribution < 1.29 is 4.79 Å². The number of urea groups is 1. The molecule has 0 spiro atoms. The van der Waals surface area contributed by atoms with Crippen LogP contribution in [0.2, 0.25) is 0 Å². The summed E-state index contributed by atoms with van der Waals surface area (Å²) in [6.07, 6.45) is 3.44. The topological polar surface area (TPSA) is 45.2 Å². The fourth-order valence-corrected chi connectivity index (χ4v) is 3.56. The number of hydrogen-bond donors (Lipinski definition) is 1. The lowest BCUT2D eigenvalue weighted by Gasteiger charge is -2.33. The van der Waals surface area contributed by atoms with Crippen molar-refractivity contribution in [3.8, 4) is 0 Å². The molecule has 0 bridgehead atoms. The number of aromatic nitrogens is 1. The van der Waals surface area contributed by atoms with Crippen LogP contribution < -0.4 is 5.32 Å². The molecular formula is C15H19N3OS. The zero-order chi connectivity index (χ0) is 13.9. The van der Waals surface area contributed by atoms with Gasteiger partial charge in [-0.15, -0.1) is 11.3 Å². The molecule has 0 saturated carbocycles. The Bertz CT molecular complexity index is 577. The highest BCUT2D eigenvalue weighted by atomic mass is 32.1. The van der Waals surface area contributed by atoms with Gasteiger partial charge in [0.25, 0.3) is 0 Å². The number of benzene rings is 1. The maximum Gasteiger partial charge on any atom is 0.317 e. The Morgan fingerprint density at radius 2 is 2.30 bits per heavy atom. The second-order valence-corrected chi connectivity index (χ2v) is 6.39. The van der Waals surface area contributed by atoms with Gasteiger partial charge in [-0.25, -0.2) is 9.78 Å². The molecule has 5 heteroatoms. The van der Waals surface area contributed by atoms with E-state index in [1.165, 1.54) is 11.1 Å². The molecule has 20 heavy (non-hydrogen) atoms. The van der Waals surface area contributed by atoms with Crippen LogP contribution >= 0.6 is 11.3 Å². The van der Waals surface area contributed by atoms with Crippen molar-refractivity contribution in [1.82, 2.24) is 15.2 Å². The van der Waals surface area contributed by atoms with Crippen molar-refractivity contribution in [2.24, 2.45) is 0 Å². The lowest BCUT2D eigenvalue weighted by Crippen LogP contribution is -2.47. The van der Waals surface area contributed by atoms with Crippen LogP contribution in [0.15, 0.2) is 24.3 Å². The molecule has 1 saturated heterocycles. The van der Waals surface area contributed by atoms with Crippen LogP contribution in [0.4, 0.5) is 4.79 Å². The minimum absolute atomic E-state index is 0.0384. The lowest BCUT2D eigenvalue weighted by molar-refractivity contribution is 0.158. The van der Waals surface area contributed by atoms with Gasteiger partial charge < -0.3 is 10.2 Å². The van der Waals surface area contributed by atoms with E-state index in [-0.39, 0.29) is 6.03 Å². The smallest absolute Gasteiger partial charge is 0.317 e. The first-order valence-electron chi connectivity index (χ1n) is 7.13. The Hall–Kier alpha value is -1.62. The highest BCUT2D eigenvalue weighted by molar-refractivity contribution is 7.18. The Morgan fingerprint density at radius 3 is 3.10 bits per heavy atom. The van der Waals surface area contributed by atoms with Gasteiger partial charge in [-0.2, -0.15) is 0 Å². The number of hydrogen-bond acceptors (Lipinski definition) is 3. The molecule has 0 aliphatic carbocycles. The summed E-state index contributed by atoms with van der Waals surface area (Å²) in [5.41, 5.74) is 1.01. The van der Waals surface area contributed by atoms with Crippen LogP contribution in [0.3, 0.4) is 0 Å². The second kappa shape index (κ2) is 5.79. The van der Waals surface area contributed by atoms with Gasteiger partial charge in [0.2, 0.25) is 0 Å². The van der Waals surface area contributed by atoms with E-state index < -0.39 is 0 Å². The van der Waals surface area contributed by atoms with Gasteiger partial charge in [0.1, 0.15) is 5.01 Å². The Kier molecular flexibility index (Phi) is 3.87. The number of para-hydroxylation sites is 1. The normalized spacial score (nSPS) is 19.2. The molecule has 1 aromatic heterocycles. The summed E-state index contributed by atoms with van der Waals surface area (Å²) in [5, 5.41) is 3.96. The van der Waals surface area contributed by atoms with E-state index >= 15 is 0 Å². The molecule has 2 aromatic rings. The second-order valence-electron chi connectivity index (χ2n) is 5.27. The van der Waals surface area contributed by atoms with Gasteiger partial charge in [0.15, 0.2) is 0 Å². The molecule has 1 fully saturated rings. The van der Waals surface area contributed by atoms with Crippen molar-refractivity contribution >= 4 is 27.6 Å². The average Bonchev–Trinajstić information content (AvgIpc) is 2.88. The van der Waals surface area contributed by atoms with Crippen LogP contribution in [-0.2, 0) is 6.54 Å². The SMILES string of the molecule is CC1CCCCN1C(=O)NCc1nc2ccccc2s1. The molecule has 1 aliphatic heterocycles. The van der Waals surface area contributed by atoms with Gasteiger partial charge in [0, 0.05) is 12.6 Å². The first-order chi connectivity index (χ1) is 9.74. The molecule has 1 unspecified atom stereocenters. The summed E-state index contributed by atoms with van der Waals surface area (Å²) >= 11 is 1.64. The molecular weight excluding hydrogens is 270 g/mol. The van der Waals surface area contributed by atoms with Crippen molar-refractivity contribution in [2.45, 2.75) is 38.8 Å². The predicted octanol–water partition coefficient (Wildman–Crippen LogP) is 3.38. The number of nitrogens with zero attached hydrogens (tertiary/aromatic N) is 2. The number of carbonyl (C=O) groups is 1. The van der Waals surface area contributed by atoms with Crippen molar-refractivity contribution in [3.63, 3.8) is 0 Å². The molecule has 3 rings (SSSR count). The van der Waals surface area contributed by atoms with Crippen LogP contribution in [-0.4, -0.2) is 28.5 Å². The first-order valence-corrected chi connectivity index (χ1v) is 7.94. The fraction of sp³-hybridized carbons (Fsp3) is 0.467. The molecule has 1 aliphatic rings. The third-order valence-corrected chi connectivity index (χ3v) is 4.83. The largest absolute Gasteiger partial charge is 0.331 e. The van der Waals surface area contributed by atoms with Crippen molar-refractivity contribution in [2.75, 3.05) is 6.54 Å². The van der Waals surface area contributed by atoms with Gasteiger partial charge in [-0.3, -0.25) is 0 Å². The van der Waals surface area contributed by atoms with Crippen molar-refractivity contribution in [1.29, 1.82) is 0 Å². The average molecular weight is 289 g/mol. The van der Waals surface area contributed by atoms with E-state index in [4.69, 9.17) is 0 Å². The number of carbonyl (C=O) groups excluding carboxylic acids is 1. The summed E-state index contributed by atoms with van der Waals surface area (Å²) in [7, 11) is 0. The molecule has 0 radical (unpaired) electrons. The number of nitrogens with one attached hydrogen (secondary N) is 1. The molecule has 1 N–H and O–H groups in total. The van der Waals surface area contributed by atoms with Crippen LogP contribution in [0.25, 0.3) is 10.2 Å². The zero-order valence-electron chi connectivity index (χ0n) is 11.6. The van der Waals surface area contributed by atoms with Crippen LogP contribution in [0.1, 0.15) is 31.2 Å². The standard InChI is InChI=1S/C15H19N3OS/c1-11-6-4-5-9-18(11)15(19)16-10-14-17-12-7-2-3-8-13(12)20-14/h2-3,7-8,11H,4-6,9-10H2,1H3,(H,16,19). The van der Waals surface area contributed by atoms with Gasteiger partial charge in [-0.05, 0) is 38.3 Å². The Balaban J connectivity index is 1.62. The van der Waals surface area contributed by atoms with E-state index in [1.54, 1.807) is 11.3 Å². The number of rotatable bonds is 2. The minimum Gasteiger partial charge on any atom is -0.331 e. The molecule has 2 amide bonds. The van der Waals surface area contributed by atoms with E-state index in [0.29, 0.717) is 12.6 Å². The monoisotopic (exact) mass is 289 g/mol. The summed E-state index contributed by atoms with van der Waals surface area (Å²) in [5.74, 6) is 0. The van der Waals surface area contributed by atoms with Gasteiger partial charge in [0.05, 0.1) is 16.8 Å². The maximum atomic E-state index is 12.2. The summed E-state index contributed by atoms with van der Waals surface area (Å²) in [6.45, 7) is 3.50. The number of likely N-dealkylation sites (tertiary alicyclic amines) is 1.